The molecule has 0 aliphatic heterocycles. The third-order valence-electron chi connectivity index (χ3n) is 2.73. The number of nitrogens with zero attached hydrogens (tertiary/aromatic N) is 1. The van der Waals surface area contributed by atoms with Gasteiger partial charge in [-0.15, -0.1) is 0 Å². The molecule has 2 aromatic rings. The minimum absolute atomic E-state index is 0.0972. The molecule has 0 spiro atoms. The van der Waals surface area contributed by atoms with Crippen LogP contribution < -0.4 is 15.9 Å². The van der Waals surface area contributed by atoms with E-state index < -0.39 is 0 Å². The molecule has 0 aromatic heterocycles. The molecule has 22 heavy (non-hydrogen) atoms. The Bertz CT molecular complexity index is 712. The second-order valence-electron chi connectivity index (χ2n) is 4.56. The zero-order valence-electron chi connectivity index (χ0n) is 11.9. The van der Waals surface area contributed by atoms with Crippen molar-refractivity contribution in [3.63, 3.8) is 0 Å². The first-order valence-electron chi connectivity index (χ1n) is 6.52. The molecule has 0 aliphatic carbocycles. The quantitative estimate of drug-likeness (QED) is 0.298. The Morgan fingerprint density at radius 1 is 1.27 bits per heavy atom. The van der Waals surface area contributed by atoms with Crippen molar-refractivity contribution in [3.8, 4) is 5.75 Å². The minimum Gasteiger partial charge on any atom is -0.423 e. The number of hydrogen-bond acceptors (Lipinski definition) is 4. The number of esters is 1. The maximum absolute atomic E-state index is 12.0. The van der Waals surface area contributed by atoms with Crippen LogP contribution in [0.15, 0.2) is 53.6 Å². The maximum atomic E-state index is 12.0. The zero-order valence-corrected chi connectivity index (χ0v) is 12.8. The SMILES string of the molecule is Cc1cccc(C(=O)Oc2ccc(/C=N\NC(N)=S)cc2)c1. The smallest absolute Gasteiger partial charge is 0.343 e. The molecule has 2 rings (SSSR count). The van der Waals surface area contributed by atoms with Crippen molar-refractivity contribution in [2.24, 2.45) is 10.8 Å². The topological polar surface area (TPSA) is 76.7 Å². The summed E-state index contributed by atoms with van der Waals surface area (Å²) in [5.41, 5.74) is 10.1. The lowest BCUT2D eigenvalue weighted by Crippen LogP contribution is -2.23. The summed E-state index contributed by atoms with van der Waals surface area (Å²) in [7, 11) is 0. The van der Waals surface area contributed by atoms with Gasteiger partial charge in [0, 0.05) is 0 Å². The number of nitrogens with one attached hydrogen (secondary N) is 1. The van der Waals surface area contributed by atoms with E-state index in [4.69, 9.17) is 10.5 Å². The van der Waals surface area contributed by atoms with Gasteiger partial charge in [0.1, 0.15) is 5.75 Å². The van der Waals surface area contributed by atoms with E-state index in [0.717, 1.165) is 11.1 Å². The first-order valence-corrected chi connectivity index (χ1v) is 6.93. The van der Waals surface area contributed by atoms with Gasteiger partial charge in [0.15, 0.2) is 5.11 Å². The molecule has 0 bridgehead atoms. The molecule has 0 heterocycles. The molecule has 0 saturated carbocycles. The number of carbonyl (C=O) groups excluding carboxylic acids is 1. The van der Waals surface area contributed by atoms with Crippen LogP contribution >= 0.6 is 12.2 Å². The van der Waals surface area contributed by atoms with Gasteiger partial charge in [0.2, 0.25) is 0 Å². The number of ether oxygens (including phenoxy) is 1. The average Bonchev–Trinajstić information content (AvgIpc) is 2.48. The highest BCUT2D eigenvalue weighted by Crippen LogP contribution is 2.14. The Hall–Kier alpha value is -2.73. The number of hydrazone groups is 1. The van der Waals surface area contributed by atoms with E-state index in [1.54, 1.807) is 42.6 Å². The van der Waals surface area contributed by atoms with E-state index in [1.165, 1.54) is 0 Å². The van der Waals surface area contributed by atoms with Crippen LogP contribution in [0.4, 0.5) is 0 Å². The maximum Gasteiger partial charge on any atom is 0.343 e. The molecule has 112 valence electrons. The minimum atomic E-state index is -0.389. The molecule has 0 amide bonds. The molecule has 5 nitrogen and oxygen atoms in total. The number of thiocarbonyl (C=S) groups is 1. The Balaban J connectivity index is 2.00. The fourth-order valence-corrected chi connectivity index (χ4v) is 1.78. The molecular weight excluding hydrogens is 298 g/mol. The van der Waals surface area contributed by atoms with E-state index in [-0.39, 0.29) is 11.1 Å². The van der Waals surface area contributed by atoms with Gasteiger partial charge < -0.3 is 10.5 Å². The van der Waals surface area contributed by atoms with Crippen molar-refractivity contribution < 1.29 is 9.53 Å². The number of nitrogens with two attached hydrogens (primary N) is 1. The van der Waals surface area contributed by atoms with Crippen molar-refractivity contribution in [1.82, 2.24) is 5.43 Å². The Morgan fingerprint density at radius 3 is 2.64 bits per heavy atom. The van der Waals surface area contributed by atoms with Crippen LogP contribution in [0.2, 0.25) is 0 Å². The van der Waals surface area contributed by atoms with Crippen molar-refractivity contribution in [2.75, 3.05) is 0 Å². The summed E-state index contributed by atoms with van der Waals surface area (Å²) >= 11 is 4.63. The van der Waals surface area contributed by atoms with E-state index in [0.29, 0.717) is 11.3 Å². The molecule has 3 N–H and O–H groups in total. The second-order valence-corrected chi connectivity index (χ2v) is 5.00. The monoisotopic (exact) mass is 313 g/mol. The standard InChI is InChI=1S/C16H15N3O2S/c1-11-3-2-4-13(9-11)15(20)21-14-7-5-12(6-8-14)10-18-19-16(17)22/h2-10H,1H3,(H3,17,19,22)/b18-10-. The lowest BCUT2D eigenvalue weighted by atomic mass is 10.1. The highest BCUT2D eigenvalue weighted by atomic mass is 32.1. The highest BCUT2D eigenvalue weighted by Gasteiger charge is 2.08. The molecule has 0 fully saturated rings. The van der Waals surface area contributed by atoms with E-state index in [9.17, 15) is 4.79 Å². The fourth-order valence-electron chi connectivity index (χ4n) is 1.73. The molecule has 0 atom stereocenters. The van der Waals surface area contributed by atoms with Gasteiger partial charge in [0.05, 0.1) is 11.8 Å². The van der Waals surface area contributed by atoms with Crippen molar-refractivity contribution in [1.29, 1.82) is 0 Å². The number of benzene rings is 2. The zero-order chi connectivity index (χ0) is 15.9. The Labute approximate surface area is 133 Å². The lowest BCUT2D eigenvalue weighted by molar-refractivity contribution is 0.0734. The summed E-state index contributed by atoms with van der Waals surface area (Å²) in [6, 6.07) is 14.2. The summed E-state index contributed by atoms with van der Waals surface area (Å²) in [5, 5.41) is 3.94. The lowest BCUT2D eigenvalue weighted by Gasteiger charge is -2.05. The number of rotatable bonds is 4. The van der Waals surface area contributed by atoms with Gasteiger partial charge in [-0.05, 0) is 61.1 Å². The molecule has 6 heteroatoms. The first-order chi connectivity index (χ1) is 10.5. The van der Waals surface area contributed by atoms with Gasteiger partial charge in [0.25, 0.3) is 0 Å². The van der Waals surface area contributed by atoms with E-state index in [2.05, 4.69) is 22.7 Å². The van der Waals surface area contributed by atoms with Gasteiger partial charge in [-0.1, -0.05) is 17.7 Å². The average molecular weight is 313 g/mol. The summed E-state index contributed by atoms with van der Waals surface area (Å²) in [6.45, 7) is 1.92. The number of hydrogen-bond donors (Lipinski definition) is 2. The normalized spacial score (nSPS) is 10.4. The van der Waals surface area contributed by atoms with Gasteiger partial charge in [-0.25, -0.2) is 4.79 Å². The van der Waals surface area contributed by atoms with Crippen LogP contribution in [0.1, 0.15) is 21.5 Å². The third kappa shape index (κ3) is 4.68. The van der Waals surface area contributed by atoms with E-state index in [1.807, 2.05) is 19.1 Å². The van der Waals surface area contributed by atoms with E-state index >= 15 is 0 Å². The Morgan fingerprint density at radius 2 is 2.00 bits per heavy atom. The molecule has 0 unspecified atom stereocenters. The molecule has 0 radical (unpaired) electrons. The second kappa shape index (κ2) is 7.33. The van der Waals surface area contributed by atoms with Crippen molar-refractivity contribution >= 4 is 29.5 Å². The summed E-state index contributed by atoms with van der Waals surface area (Å²) in [4.78, 5) is 12.0. The predicted molar refractivity (Wildman–Crippen MR) is 90.1 cm³/mol. The van der Waals surface area contributed by atoms with Crippen molar-refractivity contribution in [3.05, 3.63) is 65.2 Å². The number of carbonyl (C=O) groups is 1. The Kier molecular flexibility index (Phi) is 5.21. The fraction of sp³-hybridized carbons (Fsp3) is 0.0625. The van der Waals surface area contributed by atoms with Crippen LogP contribution in [0, 0.1) is 6.92 Å². The molecule has 0 aliphatic rings. The van der Waals surface area contributed by atoms with Crippen LogP contribution in [-0.2, 0) is 0 Å². The van der Waals surface area contributed by atoms with Gasteiger partial charge >= 0.3 is 5.97 Å². The van der Waals surface area contributed by atoms with Crippen LogP contribution in [0.25, 0.3) is 0 Å². The number of aryl methyl sites for hydroxylation is 1. The largest absolute Gasteiger partial charge is 0.423 e. The van der Waals surface area contributed by atoms with Crippen LogP contribution in [0.5, 0.6) is 5.75 Å². The molecule has 0 saturated heterocycles. The van der Waals surface area contributed by atoms with Crippen LogP contribution in [-0.4, -0.2) is 17.3 Å². The predicted octanol–water partition coefficient (Wildman–Crippen LogP) is 2.38. The summed E-state index contributed by atoms with van der Waals surface area (Å²) in [5.74, 6) is 0.0752. The van der Waals surface area contributed by atoms with Crippen LogP contribution in [0.3, 0.4) is 0 Å². The molecule has 2 aromatic carbocycles. The molecular formula is C16H15N3O2S. The van der Waals surface area contributed by atoms with Crippen molar-refractivity contribution in [2.45, 2.75) is 6.92 Å². The van der Waals surface area contributed by atoms with Gasteiger partial charge in [-0.3, -0.25) is 5.43 Å². The van der Waals surface area contributed by atoms with Gasteiger partial charge in [-0.2, -0.15) is 5.10 Å². The third-order valence-corrected chi connectivity index (χ3v) is 2.82. The summed E-state index contributed by atoms with van der Waals surface area (Å²) in [6.07, 6.45) is 1.56. The summed E-state index contributed by atoms with van der Waals surface area (Å²) < 4.78 is 5.31. The highest BCUT2D eigenvalue weighted by molar-refractivity contribution is 7.80. The first kappa shape index (κ1) is 15.7.